The van der Waals surface area contributed by atoms with Crippen molar-refractivity contribution in [3.05, 3.63) is 109 Å². The van der Waals surface area contributed by atoms with Gasteiger partial charge in [0.1, 0.15) is 34.1 Å². The molecule has 0 spiro atoms. The summed E-state index contributed by atoms with van der Waals surface area (Å²) in [6.45, 7) is -0.130. The zero-order chi connectivity index (χ0) is 33.7. The number of carbonyl (C=O) groups excluding carboxylic acids is 3. The number of primary amides is 1. The lowest BCUT2D eigenvalue weighted by atomic mass is 10.0. The second kappa shape index (κ2) is 11.5. The highest BCUT2D eigenvalue weighted by molar-refractivity contribution is 6.02. The van der Waals surface area contributed by atoms with Crippen LogP contribution in [0.15, 0.2) is 58.3 Å². The van der Waals surface area contributed by atoms with E-state index in [4.69, 9.17) is 11.5 Å². The Balaban J connectivity index is 1.13. The highest BCUT2D eigenvalue weighted by Crippen LogP contribution is 2.33. The lowest BCUT2D eigenvalue weighted by Gasteiger charge is -2.15. The second-order valence-corrected chi connectivity index (χ2v) is 11.0. The molecule has 1 aliphatic rings. The Bertz CT molecular complexity index is 2360. The molecule has 8 N–H and O–H groups in total. The molecule has 3 heterocycles. The minimum absolute atomic E-state index is 0.101. The summed E-state index contributed by atoms with van der Waals surface area (Å²) >= 11 is 0. The molecule has 7 rings (SSSR count). The number of amides is 3. The predicted molar refractivity (Wildman–Crippen MR) is 166 cm³/mol. The van der Waals surface area contributed by atoms with Gasteiger partial charge in [0.15, 0.2) is 5.65 Å². The van der Waals surface area contributed by atoms with Crippen LogP contribution in [0.1, 0.15) is 60.5 Å². The fraction of sp³-hybridized carbons (Fsp3) is 0.133. The lowest BCUT2D eigenvalue weighted by Crippen LogP contribution is -2.36. The van der Waals surface area contributed by atoms with Crippen LogP contribution in [0.4, 0.5) is 21.5 Å². The molecule has 0 aliphatic heterocycles. The molecule has 0 saturated heterocycles. The third kappa shape index (κ3) is 5.15. The third-order valence-electron chi connectivity index (χ3n) is 8.02. The molecular weight excluding hydrogens is 627 g/mol. The fourth-order valence-corrected chi connectivity index (χ4v) is 5.56. The van der Waals surface area contributed by atoms with Gasteiger partial charge in [-0.3, -0.25) is 24.0 Å². The topological polar surface area (TPSA) is 258 Å². The van der Waals surface area contributed by atoms with E-state index in [0.29, 0.717) is 24.2 Å². The van der Waals surface area contributed by atoms with Crippen LogP contribution in [0.5, 0.6) is 0 Å². The van der Waals surface area contributed by atoms with E-state index in [1.54, 1.807) is 0 Å². The Morgan fingerprint density at radius 2 is 1.90 bits per heavy atom. The maximum Gasteiger partial charge on any atom is 0.270 e. The number of tetrazole rings is 1. The van der Waals surface area contributed by atoms with E-state index >= 15 is 0 Å². The monoisotopic (exact) mass is 650 g/mol. The highest BCUT2D eigenvalue weighted by Gasteiger charge is 2.28. The molecule has 48 heavy (non-hydrogen) atoms. The zero-order valence-corrected chi connectivity index (χ0v) is 24.6. The predicted octanol–water partition coefficient (Wildman–Crippen LogP) is 0.417. The minimum Gasteiger partial charge on any atom is -0.394 e. The molecule has 0 saturated carbocycles. The summed E-state index contributed by atoms with van der Waals surface area (Å²) < 4.78 is 15.5. The second-order valence-electron chi connectivity index (χ2n) is 11.0. The van der Waals surface area contributed by atoms with Crippen molar-refractivity contribution in [1.82, 2.24) is 45.9 Å². The van der Waals surface area contributed by atoms with E-state index in [0.717, 1.165) is 33.5 Å². The van der Waals surface area contributed by atoms with Crippen molar-refractivity contribution < 1.29 is 18.8 Å². The molecule has 1 aliphatic carbocycles. The average molecular weight is 651 g/mol. The van der Waals surface area contributed by atoms with Gasteiger partial charge in [0.2, 0.25) is 5.82 Å². The number of nitrogens with zero attached hydrogens (tertiary/aromatic N) is 6. The van der Waals surface area contributed by atoms with Crippen LogP contribution in [0.3, 0.4) is 0 Å². The first-order valence-electron chi connectivity index (χ1n) is 14.4. The van der Waals surface area contributed by atoms with Gasteiger partial charge in [0, 0.05) is 18.2 Å². The molecule has 1 atom stereocenters. The Labute approximate surface area is 267 Å². The fourth-order valence-electron chi connectivity index (χ4n) is 5.56. The standard InChI is InChI=1S/C30H23FN12O5/c31-17-5-1-12(7-19(17)36-23-22(32)24(44)25(23)45)10-34-30(48)21-9-20(37-28-16(26(33)46)11-35-43(21)28)29(47)38-18-6-3-13-8-14(2-4-15(13)18)27-39-41-42-40-27/h1-2,4-5,7-9,11,18,36H,3,6,10,32H2,(H2,33,46)(H,34,48)(H,38,47)(H,39,40,41,42)/t18-/m0/s1. The average Bonchev–Trinajstić information content (AvgIpc) is 3.86. The maximum atomic E-state index is 14.5. The quantitative estimate of drug-likeness (QED) is 0.116. The number of hydrogen-bond acceptors (Lipinski definition) is 12. The lowest BCUT2D eigenvalue weighted by molar-refractivity contribution is 0.0929. The van der Waals surface area contributed by atoms with E-state index in [1.807, 2.05) is 18.2 Å². The van der Waals surface area contributed by atoms with Crippen LogP contribution in [-0.2, 0) is 13.0 Å². The summed E-state index contributed by atoms with van der Waals surface area (Å²) in [6, 6.07) is 10.4. The molecule has 18 heteroatoms. The molecule has 3 aromatic heterocycles. The van der Waals surface area contributed by atoms with Crippen LogP contribution in [0.25, 0.3) is 17.0 Å². The number of nitrogens with two attached hydrogens (primary N) is 2. The largest absolute Gasteiger partial charge is 0.394 e. The summed E-state index contributed by atoms with van der Waals surface area (Å²) in [4.78, 5) is 66.6. The number of hydrogen-bond donors (Lipinski definition) is 6. The van der Waals surface area contributed by atoms with Gasteiger partial charge in [-0.2, -0.15) is 10.3 Å². The summed E-state index contributed by atoms with van der Waals surface area (Å²) in [5, 5.41) is 26.2. The molecule has 0 radical (unpaired) electrons. The number of rotatable bonds is 9. The van der Waals surface area contributed by atoms with Gasteiger partial charge in [-0.25, -0.2) is 13.9 Å². The molecule has 6 aromatic rings. The minimum atomic E-state index is -0.867. The molecule has 3 aromatic carbocycles. The van der Waals surface area contributed by atoms with Gasteiger partial charge in [-0.15, -0.1) is 10.2 Å². The van der Waals surface area contributed by atoms with Gasteiger partial charge >= 0.3 is 0 Å². The number of carbonyl (C=O) groups is 3. The number of aryl methyl sites for hydroxylation is 1. The van der Waals surface area contributed by atoms with Crippen LogP contribution in [0.2, 0.25) is 0 Å². The first-order valence-corrected chi connectivity index (χ1v) is 14.4. The first kappa shape index (κ1) is 29.8. The van der Waals surface area contributed by atoms with Crippen LogP contribution in [0, 0.1) is 5.82 Å². The Hall–Kier alpha value is -6.85. The summed E-state index contributed by atoms with van der Waals surface area (Å²) in [5.41, 5.74) is 11.2. The van der Waals surface area contributed by atoms with Gasteiger partial charge in [-0.1, -0.05) is 18.2 Å². The molecule has 0 fully saturated rings. The number of aromatic amines is 1. The summed E-state index contributed by atoms with van der Waals surface area (Å²) in [6.07, 6.45) is 2.43. The van der Waals surface area contributed by atoms with Gasteiger partial charge in [-0.05, 0) is 52.9 Å². The van der Waals surface area contributed by atoms with Crippen molar-refractivity contribution in [2.45, 2.75) is 25.4 Å². The highest BCUT2D eigenvalue weighted by atomic mass is 19.1. The van der Waals surface area contributed by atoms with Crippen LogP contribution < -0.4 is 38.3 Å². The van der Waals surface area contributed by atoms with E-state index in [2.05, 4.69) is 46.7 Å². The number of nitrogen functional groups attached to an aromatic ring is 1. The number of H-pyrrole nitrogens is 1. The number of nitrogens with one attached hydrogen (secondary N) is 4. The third-order valence-corrected chi connectivity index (χ3v) is 8.02. The number of halogens is 1. The molecule has 17 nitrogen and oxygen atoms in total. The number of aromatic nitrogens is 7. The summed E-state index contributed by atoms with van der Waals surface area (Å²) in [5.74, 6) is -2.45. The van der Waals surface area contributed by atoms with Crippen molar-refractivity contribution in [2.24, 2.45) is 5.73 Å². The SMILES string of the molecule is NC(=O)c1cnn2c(C(=O)NCc3ccc(F)c(Nc4c(N)c(=O)c4=O)c3)cc(C(=O)N[C@H]3CCc4cc(-c5nn[nH]n5)ccc43)nc12. The first-order chi connectivity index (χ1) is 23.1. The Morgan fingerprint density at radius 1 is 1.06 bits per heavy atom. The van der Waals surface area contributed by atoms with Crippen LogP contribution >= 0.6 is 0 Å². The van der Waals surface area contributed by atoms with E-state index < -0.39 is 34.4 Å². The molecule has 0 unspecified atom stereocenters. The number of fused-ring (bicyclic) bond motifs is 2. The van der Waals surface area contributed by atoms with E-state index in [9.17, 15) is 28.4 Å². The van der Waals surface area contributed by atoms with Crippen molar-refractivity contribution in [2.75, 3.05) is 11.1 Å². The van der Waals surface area contributed by atoms with E-state index in [-0.39, 0.29) is 52.2 Å². The number of anilines is 3. The van der Waals surface area contributed by atoms with Gasteiger partial charge in [0.05, 0.1) is 17.9 Å². The molecule has 3 amide bonds. The maximum absolute atomic E-state index is 14.5. The van der Waals surface area contributed by atoms with Crippen molar-refractivity contribution in [3.8, 4) is 11.4 Å². The smallest absolute Gasteiger partial charge is 0.270 e. The van der Waals surface area contributed by atoms with E-state index in [1.165, 1.54) is 18.2 Å². The summed E-state index contributed by atoms with van der Waals surface area (Å²) in [7, 11) is 0. The Morgan fingerprint density at radius 3 is 2.65 bits per heavy atom. The zero-order valence-electron chi connectivity index (χ0n) is 24.6. The van der Waals surface area contributed by atoms with Crippen molar-refractivity contribution in [3.63, 3.8) is 0 Å². The van der Waals surface area contributed by atoms with Crippen molar-refractivity contribution >= 4 is 40.4 Å². The Kier molecular flexibility index (Phi) is 7.15. The molecule has 240 valence electrons. The molecular formula is C30H23FN12O5. The van der Waals surface area contributed by atoms with Gasteiger partial charge < -0.3 is 27.4 Å². The number of benzene rings is 2. The van der Waals surface area contributed by atoms with Crippen LogP contribution in [-0.4, -0.2) is 52.9 Å². The normalized spacial score (nSPS) is 13.8. The van der Waals surface area contributed by atoms with Gasteiger partial charge in [0.25, 0.3) is 28.6 Å². The van der Waals surface area contributed by atoms with Crippen molar-refractivity contribution in [1.29, 1.82) is 0 Å². The molecule has 0 bridgehead atoms.